The summed E-state index contributed by atoms with van der Waals surface area (Å²) in [5.74, 6) is 0.323. The second kappa shape index (κ2) is 4.67. The maximum absolute atomic E-state index is 12.0. The van der Waals surface area contributed by atoms with Crippen LogP contribution in [0.15, 0.2) is 4.47 Å². The Morgan fingerprint density at radius 1 is 1.69 bits per heavy atom. The molecule has 0 N–H and O–H groups in total. The van der Waals surface area contributed by atoms with E-state index in [1.807, 2.05) is 14.0 Å². The topological polar surface area (TPSA) is 44.1 Å². The number of Topliss-reactive ketones (excluding diaryl/α,β-unsaturated/α-hetero) is 1. The largest absolute Gasteiger partial charge is 0.381 e. The van der Waals surface area contributed by atoms with Crippen molar-refractivity contribution < 1.29 is 9.53 Å². The third kappa shape index (κ3) is 2.20. The molecule has 1 aromatic heterocycles. The summed E-state index contributed by atoms with van der Waals surface area (Å²) in [7, 11) is 1.87. The summed E-state index contributed by atoms with van der Waals surface area (Å²) in [6.07, 6.45) is 1.29. The van der Waals surface area contributed by atoms with E-state index >= 15 is 0 Å². The van der Waals surface area contributed by atoms with E-state index in [1.165, 1.54) is 0 Å². The van der Waals surface area contributed by atoms with Gasteiger partial charge in [-0.2, -0.15) is 5.10 Å². The molecule has 0 bridgehead atoms. The highest BCUT2D eigenvalue weighted by atomic mass is 79.9. The van der Waals surface area contributed by atoms with Crippen LogP contribution in [-0.4, -0.2) is 28.8 Å². The molecule has 2 heterocycles. The number of hydrogen-bond donors (Lipinski definition) is 0. The zero-order valence-electron chi connectivity index (χ0n) is 9.49. The summed E-state index contributed by atoms with van der Waals surface area (Å²) in [6.45, 7) is 3.21. The number of ether oxygens (including phenoxy) is 1. The van der Waals surface area contributed by atoms with Gasteiger partial charge in [-0.3, -0.25) is 9.48 Å². The van der Waals surface area contributed by atoms with Gasteiger partial charge in [-0.15, -0.1) is 0 Å². The van der Waals surface area contributed by atoms with Gasteiger partial charge in [-0.05, 0) is 29.3 Å². The number of carbonyl (C=O) groups is 1. The SMILES string of the molecule is Cc1nn(C)c(CC(=O)C2CCOC2)c1Br. The van der Waals surface area contributed by atoms with Crippen LogP contribution >= 0.6 is 15.9 Å². The molecule has 1 unspecified atom stereocenters. The minimum Gasteiger partial charge on any atom is -0.381 e. The van der Waals surface area contributed by atoms with E-state index in [4.69, 9.17) is 4.74 Å². The fourth-order valence-corrected chi connectivity index (χ4v) is 2.45. The number of rotatable bonds is 3. The predicted molar refractivity (Wildman–Crippen MR) is 63.3 cm³/mol. The second-order valence-electron chi connectivity index (χ2n) is 4.17. The minimum absolute atomic E-state index is 0.0714. The molecule has 0 spiro atoms. The van der Waals surface area contributed by atoms with Gasteiger partial charge in [0.2, 0.25) is 0 Å². The Kier molecular flexibility index (Phi) is 3.44. The Bertz CT molecular complexity index is 408. The molecule has 16 heavy (non-hydrogen) atoms. The van der Waals surface area contributed by atoms with Gasteiger partial charge in [0.15, 0.2) is 0 Å². The van der Waals surface area contributed by atoms with Crippen molar-refractivity contribution in [2.45, 2.75) is 19.8 Å². The molecule has 0 saturated carbocycles. The molecular formula is C11H15BrN2O2. The lowest BCUT2D eigenvalue weighted by atomic mass is 10.00. The van der Waals surface area contributed by atoms with Crippen molar-refractivity contribution in [2.75, 3.05) is 13.2 Å². The Balaban J connectivity index is 2.11. The van der Waals surface area contributed by atoms with E-state index in [0.29, 0.717) is 19.6 Å². The van der Waals surface area contributed by atoms with Crippen molar-refractivity contribution in [1.82, 2.24) is 9.78 Å². The maximum atomic E-state index is 12.0. The lowest BCUT2D eigenvalue weighted by Crippen LogP contribution is -2.18. The highest BCUT2D eigenvalue weighted by Crippen LogP contribution is 2.23. The molecule has 1 aliphatic heterocycles. The minimum atomic E-state index is 0.0714. The molecule has 1 fully saturated rings. The molecule has 0 amide bonds. The zero-order chi connectivity index (χ0) is 11.7. The number of ketones is 1. The predicted octanol–water partition coefficient (Wildman–Crippen LogP) is 1.64. The van der Waals surface area contributed by atoms with Gasteiger partial charge < -0.3 is 4.74 Å². The van der Waals surface area contributed by atoms with Crippen molar-refractivity contribution in [3.63, 3.8) is 0 Å². The molecule has 0 aromatic carbocycles. The van der Waals surface area contributed by atoms with Gasteiger partial charge in [0, 0.05) is 26.0 Å². The summed E-state index contributed by atoms with van der Waals surface area (Å²) >= 11 is 3.47. The smallest absolute Gasteiger partial charge is 0.144 e. The van der Waals surface area contributed by atoms with Crippen LogP contribution in [0.5, 0.6) is 0 Å². The Hall–Kier alpha value is -0.680. The van der Waals surface area contributed by atoms with E-state index < -0.39 is 0 Å². The van der Waals surface area contributed by atoms with Crippen LogP contribution < -0.4 is 0 Å². The number of halogens is 1. The average molecular weight is 287 g/mol. The second-order valence-corrected chi connectivity index (χ2v) is 4.97. The Morgan fingerprint density at radius 2 is 2.44 bits per heavy atom. The third-order valence-corrected chi connectivity index (χ3v) is 4.02. The van der Waals surface area contributed by atoms with Gasteiger partial charge in [0.25, 0.3) is 0 Å². The summed E-state index contributed by atoms with van der Waals surface area (Å²) in [5, 5.41) is 4.28. The van der Waals surface area contributed by atoms with Gasteiger partial charge >= 0.3 is 0 Å². The molecule has 1 saturated heterocycles. The number of aromatic nitrogens is 2. The number of nitrogens with zero attached hydrogens (tertiary/aromatic N) is 2. The van der Waals surface area contributed by atoms with Crippen LogP contribution in [0.2, 0.25) is 0 Å². The third-order valence-electron chi connectivity index (χ3n) is 2.99. The fraction of sp³-hybridized carbons (Fsp3) is 0.636. The highest BCUT2D eigenvalue weighted by molar-refractivity contribution is 9.10. The lowest BCUT2D eigenvalue weighted by molar-refractivity contribution is -0.122. The molecule has 2 rings (SSSR count). The van der Waals surface area contributed by atoms with Crippen LogP contribution in [0.4, 0.5) is 0 Å². The normalized spacial score (nSPS) is 20.3. The average Bonchev–Trinajstić information content (AvgIpc) is 2.83. The van der Waals surface area contributed by atoms with Crippen molar-refractivity contribution >= 4 is 21.7 Å². The van der Waals surface area contributed by atoms with Crippen molar-refractivity contribution in [3.8, 4) is 0 Å². The quantitative estimate of drug-likeness (QED) is 0.849. The van der Waals surface area contributed by atoms with E-state index in [9.17, 15) is 4.79 Å². The number of carbonyl (C=O) groups excluding carboxylic acids is 1. The van der Waals surface area contributed by atoms with Gasteiger partial charge in [-0.25, -0.2) is 0 Å². The van der Waals surface area contributed by atoms with Crippen molar-refractivity contribution in [3.05, 3.63) is 15.9 Å². The molecule has 0 aliphatic carbocycles. The van der Waals surface area contributed by atoms with Gasteiger partial charge in [0.05, 0.1) is 22.5 Å². The molecule has 0 radical (unpaired) electrons. The number of hydrogen-bond acceptors (Lipinski definition) is 3. The van der Waals surface area contributed by atoms with Crippen LogP contribution in [0.25, 0.3) is 0 Å². The molecule has 88 valence electrons. The maximum Gasteiger partial charge on any atom is 0.144 e. The van der Waals surface area contributed by atoms with Crippen LogP contribution in [0, 0.1) is 12.8 Å². The monoisotopic (exact) mass is 286 g/mol. The molecule has 4 nitrogen and oxygen atoms in total. The lowest BCUT2D eigenvalue weighted by Gasteiger charge is -2.07. The van der Waals surface area contributed by atoms with E-state index in [1.54, 1.807) is 4.68 Å². The van der Waals surface area contributed by atoms with Crippen molar-refractivity contribution in [2.24, 2.45) is 13.0 Å². The first-order valence-electron chi connectivity index (χ1n) is 5.38. The van der Waals surface area contributed by atoms with Crippen LogP contribution in [0.3, 0.4) is 0 Å². The molecule has 1 aromatic rings. The van der Waals surface area contributed by atoms with E-state index in [-0.39, 0.29) is 11.7 Å². The fourth-order valence-electron chi connectivity index (χ4n) is 1.97. The zero-order valence-corrected chi connectivity index (χ0v) is 11.1. The molecule has 1 atom stereocenters. The first-order valence-corrected chi connectivity index (χ1v) is 6.17. The summed E-state index contributed by atoms with van der Waals surface area (Å²) in [5.41, 5.74) is 1.88. The molecular weight excluding hydrogens is 272 g/mol. The summed E-state index contributed by atoms with van der Waals surface area (Å²) in [6, 6.07) is 0. The Morgan fingerprint density at radius 3 is 2.94 bits per heavy atom. The van der Waals surface area contributed by atoms with Gasteiger partial charge in [-0.1, -0.05) is 0 Å². The van der Waals surface area contributed by atoms with Crippen LogP contribution in [0.1, 0.15) is 17.8 Å². The molecule has 1 aliphatic rings. The first kappa shape index (κ1) is 11.8. The molecule has 5 heteroatoms. The van der Waals surface area contributed by atoms with Crippen molar-refractivity contribution in [1.29, 1.82) is 0 Å². The Labute approximate surface area is 103 Å². The summed E-state index contributed by atoms with van der Waals surface area (Å²) in [4.78, 5) is 12.0. The standard InChI is InChI=1S/C11H15BrN2O2/c1-7-11(12)9(14(2)13-7)5-10(15)8-3-4-16-6-8/h8H,3-6H2,1-2H3. The van der Waals surface area contributed by atoms with Gasteiger partial charge in [0.1, 0.15) is 5.78 Å². The van der Waals surface area contributed by atoms with Crippen LogP contribution in [-0.2, 0) is 23.0 Å². The number of aryl methyl sites for hydroxylation is 2. The summed E-state index contributed by atoms with van der Waals surface area (Å²) < 4.78 is 7.94. The highest BCUT2D eigenvalue weighted by Gasteiger charge is 2.25. The first-order chi connectivity index (χ1) is 7.59. The van der Waals surface area contributed by atoms with E-state index in [2.05, 4.69) is 21.0 Å². The van der Waals surface area contributed by atoms with E-state index in [0.717, 1.165) is 22.3 Å².